The van der Waals surface area contributed by atoms with E-state index >= 15 is 0 Å². The number of nitrogen functional groups attached to an aromatic ring is 1. The van der Waals surface area contributed by atoms with Crippen molar-refractivity contribution < 1.29 is 0 Å². The minimum Gasteiger partial charge on any atom is -0.397 e. The van der Waals surface area contributed by atoms with Gasteiger partial charge in [0.25, 0.3) is 0 Å². The van der Waals surface area contributed by atoms with Gasteiger partial charge in [0.1, 0.15) is 0 Å². The van der Waals surface area contributed by atoms with E-state index in [1.54, 1.807) is 6.20 Å². The Morgan fingerprint density at radius 3 is 2.82 bits per heavy atom. The number of pyridine rings is 1. The van der Waals surface area contributed by atoms with Gasteiger partial charge in [-0.05, 0) is 24.6 Å². The number of benzene rings is 1. The third-order valence-electron chi connectivity index (χ3n) is 2.83. The fourth-order valence-corrected chi connectivity index (χ4v) is 1.82. The van der Waals surface area contributed by atoms with Crippen molar-refractivity contribution in [1.29, 1.82) is 0 Å². The van der Waals surface area contributed by atoms with Crippen molar-refractivity contribution in [2.45, 2.75) is 6.92 Å². The molecule has 17 heavy (non-hydrogen) atoms. The normalized spacial score (nSPS) is 10.9. The van der Waals surface area contributed by atoms with Crippen molar-refractivity contribution in [2.24, 2.45) is 0 Å². The molecule has 2 aromatic heterocycles. The van der Waals surface area contributed by atoms with Gasteiger partial charge in [-0.2, -0.15) is 5.10 Å². The average molecular weight is 224 g/mol. The van der Waals surface area contributed by atoms with Gasteiger partial charge in [0.2, 0.25) is 0 Å². The predicted octanol–water partition coefficient (Wildman–Crippen LogP) is 2.31. The van der Waals surface area contributed by atoms with Gasteiger partial charge in [0.05, 0.1) is 23.6 Å². The molecule has 0 spiro atoms. The Morgan fingerprint density at radius 1 is 1.18 bits per heavy atom. The molecule has 0 amide bonds. The number of para-hydroxylation sites is 1. The van der Waals surface area contributed by atoms with Crippen LogP contribution in [0.2, 0.25) is 0 Å². The molecule has 2 heterocycles. The quantitative estimate of drug-likeness (QED) is 0.690. The van der Waals surface area contributed by atoms with E-state index in [-0.39, 0.29) is 0 Å². The second kappa shape index (κ2) is 3.59. The first-order valence-corrected chi connectivity index (χ1v) is 5.41. The Labute approximate surface area is 98.7 Å². The number of rotatable bonds is 1. The largest absolute Gasteiger partial charge is 0.397 e. The zero-order valence-corrected chi connectivity index (χ0v) is 9.46. The van der Waals surface area contributed by atoms with Crippen LogP contribution in [-0.2, 0) is 0 Å². The highest BCUT2D eigenvalue weighted by atomic mass is 15.3. The smallest absolute Gasteiger partial charge is 0.154 e. The van der Waals surface area contributed by atoms with Gasteiger partial charge in [0, 0.05) is 5.39 Å². The van der Waals surface area contributed by atoms with Gasteiger partial charge >= 0.3 is 0 Å². The van der Waals surface area contributed by atoms with E-state index in [1.165, 1.54) is 0 Å². The van der Waals surface area contributed by atoms with E-state index in [4.69, 9.17) is 5.73 Å². The van der Waals surface area contributed by atoms with Crippen LogP contribution in [0.15, 0.2) is 42.7 Å². The van der Waals surface area contributed by atoms with Gasteiger partial charge in [-0.15, -0.1) is 0 Å². The fraction of sp³-hybridized carbons (Fsp3) is 0.0769. The molecule has 0 aliphatic carbocycles. The zero-order chi connectivity index (χ0) is 11.8. The van der Waals surface area contributed by atoms with E-state index in [0.29, 0.717) is 5.69 Å². The predicted molar refractivity (Wildman–Crippen MR) is 68.0 cm³/mol. The number of hydrogen-bond donors (Lipinski definition) is 1. The summed E-state index contributed by atoms with van der Waals surface area (Å²) in [5.41, 5.74) is 8.52. The Bertz CT molecular complexity index is 685. The summed E-state index contributed by atoms with van der Waals surface area (Å²) in [6, 6.07) is 9.98. The molecule has 0 aliphatic rings. The van der Waals surface area contributed by atoms with Crippen LogP contribution >= 0.6 is 0 Å². The summed E-state index contributed by atoms with van der Waals surface area (Å²) in [4.78, 5) is 4.31. The lowest BCUT2D eigenvalue weighted by Gasteiger charge is -2.05. The standard InChI is InChI=1S/C13H12N4/c1-9-6-13(15-8-11(9)14)17-12-5-3-2-4-10(12)7-16-17/h2-8H,14H2,1H3. The number of hydrogen-bond acceptors (Lipinski definition) is 3. The van der Waals surface area contributed by atoms with Crippen molar-refractivity contribution in [3.8, 4) is 5.82 Å². The molecule has 0 saturated heterocycles. The maximum Gasteiger partial charge on any atom is 0.154 e. The number of aryl methyl sites for hydroxylation is 1. The number of fused-ring (bicyclic) bond motifs is 1. The summed E-state index contributed by atoms with van der Waals surface area (Å²) in [5, 5.41) is 5.45. The van der Waals surface area contributed by atoms with E-state index in [9.17, 15) is 0 Å². The first kappa shape index (κ1) is 9.84. The summed E-state index contributed by atoms with van der Waals surface area (Å²) in [7, 11) is 0. The van der Waals surface area contributed by atoms with Crippen molar-refractivity contribution in [3.05, 3.63) is 48.3 Å². The number of anilines is 1. The lowest BCUT2D eigenvalue weighted by molar-refractivity contribution is 0.873. The number of aromatic nitrogens is 3. The third-order valence-corrected chi connectivity index (χ3v) is 2.83. The van der Waals surface area contributed by atoms with Crippen molar-refractivity contribution in [3.63, 3.8) is 0 Å². The van der Waals surface area contributed by atoms with Crippen molar-refractivity contribution in [1.82, 2.24) is 14.8 Å². The molecular formula is C13H12N4. The zero-order valence-electron chi connectivity index (χ0n) is 9.46. The number of nitrogens with zero attached hydrogens (tertiary/aromatic N) is 3. The van der Waals surface area contributed by atoms with Crippen LogP contribution in [0.1, 0.15) is 5.56 Å². The van der Waals surface area contributed by atoms with Crippen LogP contribution in [-0.4, -0.2) is 14.8 Å². The van der Waals surface area contributed by atoms with Crippen molar-refractivity contribution in [2.75, 3.05) is 5.73 Å². The molecule has 0 saturated carbocycles. The summed E-state index contributed by atoms with van der Waals surface area (Å²) in [6.45, 7) is 1.96. The van der Waals surface area contributed by atoms with Gasteiger partial charge in [-0.3, -0.25) is 0 Å². The summed E-state index contributed by atoms with van der Waals surface area (Å²) >= 11 is 0. The molecule has 0 atom stereocenters. The Kier molecular flexibility index (Phi) is 2.08. The molecule has 84 valence electrons. The van der Waals surface area contributed by atoms with Gasteiger partial charge in [-0.1, -0.05) is 18.2 Å². The second-order valence-corrected chi connectivity index (χ2v) is 4.01. The molecule has 0 radical (unpaired) electrons. The lowest BCUT2D eigenvalue weighted by atomic mass is 10.2. The van der Waals surface area contributed by atoms with Crippen LogP contribution in [0.4, 0.5) is 5.69 Å². The highest BCUT2D eigenvalue weighted by Crippen LogP contribution is 2.18. The van der Waals surface area contributed by atoms with Gasteiger partial charge < -0.3 is 5.73 Å². The minimum absolute atomic E-state index is 0.699. The van der Waals surface area contributed by atoms with Crippen LogP contribution in [0, 0.1) is 6.92 Å². The molecule has 0 bridgehead atoms. The molecule has 0 unspecified atom stereocenters. The van der Waals surface area contributed by atoms with Crippen molar-refractivity contribution >= 4 is 16.6 Å². The first-order chi connectivity index (χ1) is 8.25. The van der Waals surface area contributed by atoms with Crippen LogP contribution in [0.5, 0.6) is 0 Å². The fourth-order valence-electron chi connectivity index (χ4n) is 1.82. The molecule has 0 fully saturated rings. The molecule has 1 aromatic carbocycles. The minimum atomic E-state index is 0.699. The Morgan fingerprint density at radius 2 is 2.00 bits per heavy atom. The molecule has 4 heteroatoms. The highest BCUT2D eigenvalue weighted by molar-refractivity contribution is 5.79. The molecule has 4 nitrogen and oxygen atoms in total. The van der Waals surface area contributed by atoms with E-state index in [2.05, 4.69) is 10.1 Å². The summed E-state index contributed by atoms with van der Waals surface area (Å²) < 4.78 is 1.82. The first-order valence-electron chi connectivity index (χ1n) is 5.41. The average Bonchev–Trinajstić information content (AvgIpc) is 2.76. The van der Waals surface area contributed by atoms with E-state index in [1.807, 2.05) is 48.1 Å². The lowest BCUT2D eigenvalue weighted by Crippen LogP contribution is -2.01. The molecular weight excluding hydrogens is 212 g/mol. The molecule has 0 aliphatic heterocycles. The molecule has 2 N–H and O–H groups in total. The topological polar surface area (TPSA) is 56.7 Å². The SMILES string of the molecule is Cc1cc(-n2ncc3ccccc32)ncc1N. The Hall–Kier alpha value is -2.36. The summed E-state index contributed by atoms with van der Waals surface area (Å²) in [5.74, 6) is 0.790. The van der Waals surface area contributed by atoms with Crippen LogP contribution in [0.25, 0.3) is 16.7 Å². The van der Waals surface area contributed by atoms with E-state index in [0.717, 1.165) is 22.3 Å². The molecule has 3 rings (SSSR count). The maximum atomic E-state index is 5.76. The highest BCUT2D eigenvalue weighted by Gasteiger charge is 2.06. The van der Waals surface area contributed by atoms with Gasteiger partial charge in [-0.25, -0.2) is 9.67 Å². The number of nitrogens with two attached hydrogens (primary N) is 1. The van der Waals surface area contributed by atoms with Crippen LogP contribution < -0.4 is 5.73 Å². The van der Waals surface area contributed by atoms with Gasteiger partial charge in [0.15, 0.2) is 5.82 Å². The van der Waals surface area contributed by atoms with E-state index < -0.39 is 0 Å². The Balaban J connectivity index is 2.24. The third kappa shape index (κ3) is 1.54. The summed E-state index contributed by atoms with van der Waals surface area (Å²) in [6.07, 6.45) is 3.50. The monoisotopic (exact) mass is 224 g/mol. The molecule has 3 aromatic rings. The maximum absolute atomic E-state index is 5.76. The second-order valence-electron chi connectivity index (χ2n) is 4.01. The van der Waals surface area contributed by atoms with Crippen LogP contribution in [0.3, 0.4) is 0 Å².